The predicted molar refractivity (Wildman–Crippen MR) is 103 cm³/mol. The monoisotopic (exact) mass is 380 g/mol. The van der Waals surface area contributed by atoms with Gasteiger partial charge in [0.15, 0.2) is 0 Å². The number of hydrogen-bond acceptors (Lipinski definition) is 6. The Hall–Kier alpha value is -3.26. The highest BCUT2D eigenvalue weighted by atomic mass is 16.5. The number of ether oxygens (including phenoxy) is 1. The van der Waals surface area contributed by atoms with E-state index < -0.39 is 0 Å². The molecule has 0 saturated heterocycles. The Balaban J connectivity index is 1.65. The van der Waals surface area contributed by atoms with Gasteiger partial charge in [-0.05, 0) is 50.1 Å². The van der Waals surface area contributed by atoms with E-state index in [4.69, 9.17) is 9.26 Å². The highest BCUT2D eigenvalue weighted by Crippen LogP contribution is 2.31. The Morgan fingerprint density at radius 3 is 2.89 bits per heavy atom. The van der Waals surface area contributed by atoms with Gasteiger partial charge in [-0.25, -0.2) is 4.98 Å². The maximum atomic E-state index is 12.9. The number of nitrogens with one attached hydrogen (secondary N) is 1. The van der Waals surface area contributed by atoms with Gasteiger partial charge < -0.3 is 14.6 Å². The van der Waals surface area contributed by atoms with Crippen LogP contribution >= 0.6 is 0 Å². The Morgan fingerprint density at radius 1 is 1.29 bits per heavy atom. The molecule has 8 heteroatoms. The summed E-state index contributed by atoms with van der Waals surface area (Å²) in [7, 11) is 1.56. The summed E-state index contributed by atoms with van der Waals surface area (Å²) in [5.41, 5.74) is 4.57. The predicted octanol–water partition coefficient (Wildman–Crippen LogP) is 2.98. The van der Waals surface area contributed by atoms with E-state index in [2.05, 4.69) is 15.5 Å². The quantitative estimate of drug-likeness (QED) is 0.747. The molecule has 2 aromatic heterocycles. The first-order valence-electron chi connectivity index (χ1n) is 8.95. The van der Waals surface area contributed by atoms with Crippen LogP contribution in [0.25, 0.3) is 11.1 Å². The number of aromatic nitrogens is 2. The smallest absolute Gasteiger partial charge is 0.258 e. The average Bonchev–Trinajstić information content (AvgIpc) is 3.04. The third-order valence-corrected chi connectivity index (χ3v) is 4.79. The molecule has 1 aliphatic heterocycles. The van der Waals surface area contributed by atoms with E-state index in [1.807, 2.05) is 12.1 Å². The Labute approximate surface area is 161 Å². The normalized spacial score (nSPS) is 13.7. The maximum absolute atomic E-state index is 12.9. The fraction of sp³-hybridized carbons (Fsp3) is 0.300. The minimum atomic E-state index is -0.262. The zero-order valence-corrected chi connectivity index (χ0v) is 15.9. The first-order chi connectivity index (χ1) is 13.5. The topological polar surface area (TPSA) is 97.6 Å². The maximum Gasteiger partial charge on any atom is 0.258 e. The molecule has 1 aromatic carbocycles. The molecule has 144 valence electrons. The lowest BCUT2D eigenvalue weighted by atomic mass is 10.0. The van der Waals surface area contributed by atoms with Crippen molar-refractivity contribution in [2.45, 2.75) is 26.7 Å². The zero-order chi connectivity index (χ0) is 19.8. The van der Waals surface area contributed by atoms with Crippen LogP contribution in [0.1, 0.15) is 33.7 Å². The number of benzene rings is 1. The van der Waals surface area contributed by atoms with Gasteiger partial charge in [-0.2, -0.15) is 0 Å². The van der Waals surface area contributed by atoms with Gasteiger partial charge in [-0.3, -0.25) is 14.5 Å². The molecule has 1 N–H and O–H groups in total. The van der Waals surface area contributed by atoms with Crippen molar-refractivity contribution >= 4 is 34.3 Å². The van der Waals surface area contributed by atoms with Gasteiger partial charge in [0, 0.05) is 30.6 Å². The van der Waals surface area contributed by atoms with Gasteiger partial charge in [0.25, 0.3) is 11.6 Å². The standard InChI is InChI=1S/C20H20N4O4/c1-11-8-15(18-12(2)23-28-20(18)21-11)19(26)22-14-5-6-16-13(9-14)4-7-17(25)24(16)10-27-3/h5-6,8-9H,4,7,10H2,1-3H3,(H,22,26). The Morgan fingerprint density at radius 2 is 2.11 bits per heavy atom. The molecule has 8 nitrogen and oxygen atoms in total. The molecular formula is C20H20N4O4. The van der Waals surface area contributed by atoms with Crippen molar-refractivity contribution in [2.24, 2.45) is 0 Å². The molecule has 1 aliphatic rings. The highest BCUT2D eigenvalue weighted by Gasteiger charge is 2.24. The van der Waals surface area contributed by atoms with Crippen LogP contribution in [0.3, 0.4) is 0 Å². The molecule has 0 fully saturated rings. The lowest BCUT2D eigenvalue weighted by molar-refractivity contribution is -0.119. The number of anilines is 2. The summed E-state index contributed by atoms with van der Waals surface area (Å²) in [5.74, 6) is -0.230. The fourth-order valence-corrected chi connectivity index (χ4v) is 3.50. The first-order valence-corrected chi connectivity index (χ1v) is 8.95. The number of pyridine rings is 1. The van der Waals surface area contributed by atoms with Crippen molar-refractivity contribution in [3.63, 3.8) is 0 Å². The van der Waals surface area contributed by atoms with Crippen LogP contribution in [0, 0.1) is 13.8 Å². The molecule has 0 saturated carbocycles. The number of hydrogen-bond donors (Lipinski definition) is 1. The number of aryl methyl sites for hydroxylation is 3. The van der Waals surface area contributed by atoms with E-state index in [-0.39, 0.29) is 18.5 Å². The molecule has 0 bridgehead atoms. The SMILES string of the molecule is COCN1C(=O)CCc2cc(NC(=O)c3cc(C)nc4onc(C)c34)ccc21. The van der Waals surface area contributed by atoms with E-state index in [0.29, 0.717) is 46.6 Å². The largest absolute Gasteiger partial charge is 0.364 e. The number of amides is 2. The minimum Gasteiger partial charge on any atom is -0.364 e. The summed E-state index contributed by atoms with van der Waals surface area (Å²) in [4.78, 5) is 30.9. The number of methoxy groups -OCH3 is 1. The van der Waals surface area contributed by atoms with Gasteiger partial charge in [-0.1, -0.05) is 5.16 Å². The van der Waals surface area contributed by atoms with Gasteiger partial charge in [0.05, 0.1) is 16.6 Å². The van der Waals surface area contributed by atoms with Crippen LogP contribution in [-0.4, -0.2) is 35.8 Å². The molecule has 3 aromatic rings. The van der Waals surface area contributed by atoms with E-state index in [0.717, 1.165) is 11.3 Å². The van der Waals surface area contributed by atoms with E-state index >= 15 is 0 Å². The second-order valence-electron chi connectivity index (χ2n) is 6.80. The molecule has 4 rings (SSSR count). The molecule has 0 aliphatic carbocycles. The number of carbonyl (C=O) groups is 2. The van der Waals surface area contributed by atoms with Crippen LogP contribution in [-0.2, 0) is 16.0 Å². The van der Waals surface area contributed by atoms with Crippen molar-refractivity contribution in [1.29, 1.82) is 0 Å². The number of rotatable bonds is 4. The third-order valence-electron chi connectivity index (χ3n) is 4.79. The first kappa shape index (κ1) is 18.1. The van der Waals surface area contributed by atoms with Crippen LogP contribution in [0.4, 0.5) is 11.4 Å². The second kappa shape index (κ2) is 7.05. The van der Waals surface area contributed by atoms with Crippen molar-refractivity contribution in [2.75, 3.05) is 24.1 Å². The van der Waals surface area contributed by atoms with Crippen molar-refractivity contribution in [3.8, 4) is 0 Å². The van der Waals surface area contributed by atoms with Gasteiger partial charge in [0.1, 0.15) is 6.73 Å². The molecule has 3 heterocycles. The van der Waals surface area contributed by atoms with E-state index in [1.165, 1.54) is 0 Å². The van der Waals surface area contributed by atoms with Crippen molar-refractivity contribution < 1.29 is 18.8 Å². The minimum absolute atomic E-state index is 0.0312. The Bertz CT molecular complexity index is 1090. The van der Waals surface area contributed by atoms with Crippen LogP contribution in [0.2, 0.25) is 0 Å². The average molecular weight is 380 g/mol. The number of nitrogens with zero attached hydrogens (tertiary/aromatic N) is 3. The third kappa shape index (κ3) is 3.11. The van der Waals surface area contributed by atoms with Gasteiger partial charge in [-0.15, -0.1) is 0 Å². The summed E-state index contributed by atoms with van der Waals surface area (Å²) in [6.07, 6.45) is 1.04. The summed E-state index contributed by atoms with van der Waals surface area (Å²) in [6, 6.07) is 7.23. The van der Waals surface area contributed by atoms with Gasteiger partial charge >= 0.3 is 0 Å². The Kier molecular flexibility index (Phi) is 4.56. The lowest BCUT2D eigenvalue weighted by Gasteiger charge is -2.29. The summed E-state index contributed by atoms with van der Waals surface area (Å²) in [5, 5.41) is 7.45. The summed E-state index contributed by atoms with van der Waals surface area (Å²) >= 11 is 0. The molecule has 0 radical (unpaired) electrons. The molecule has 28 heavy (non-hydrogen) atoms. The summed E-state index contributed by atoms with van der Waals surface area (Å²) in [6.45, 7) is 3.78. The molecule has 2 amide bonds. The van der Waals surface area contributed by atoms with E-state index in [9.17, 15) is 9.59 Å². The number of fused-ring (bicyclic) bond motifs is 2. The number of carbonyl (C=O) groups excluding carboxylic acids is 2. The summed E-state index contributed by atoms with van der Waals surface area (Å²) < 4.78 is 10.3. The van der Waals surface area contributed by atoms with Crippen LogP contribution in [0.15, 0.2) is 28.8 Å². The lowest BCUT2D eigenvalue weighted by Crippen LogP contribution is -2.36. The van der Waals surface area contributed by atoms with E-state index in [1.54, 1.807) is 38.0 Å². The molecule has 0 unspecified atom stereocenters. The molecule has 0 spiro atoms. The molecule has 0 atom stereocenters. The van der Waals surface area contributed by atoms with Crippen LogP contribution in [0.5, 0.6) is 0 Å². The van der Waals surface area contributed by atoms with Crippen molar-refractivity contribution in [3.05, 3.63) is 46.8 Å². The molecular weight excluding hydrogens is 360 g/mol. The fourth-order valence-electron chi connectivity index (χ4n) is 3.50. The zero-order valence-electron chi connectivity index (χ0n) is 15.9. The highest BCUT2D eigenvalue weighted by molar-refractivity contribution is 6.12. The van der Waals surface area contributed by atoms with Crippen LogP contribution < -0.4 is 10.2 Å². The van der Waals surface area contributed by atoms with Gasteiger partial charge in [0.2, 0.25) is 5.91 Å². The van der Waals surface area contributed by atoms with Crippen molar-refractivity contribution in [1.82, 2.24) is 10.1 Å². The second-order valence-corrected chi connectivity index (χ2v) is 6.80.